The largest absolute Gasteiger partial charge is 0.388 e. The van der Waals surface area contributed by atoms with Crippen molar-refractivity contribution in [2.75, 3.05) is 5.32 Å². The summed E-state index contributed by atoms with van der Waals surface area (Å²) in [7, 11) is 0. The van der Waals surface area contributed by atoms with Crippen LogP contribution in [-0.2, 0) is 0 Å². The Bertz CT molecular complexity index is 1230. The van der Waals surface area contributed by atoms with Crippen molar-refractivity contribution in [3.8, 4) is 11.3 Å². The van der Waals surface area contributed by atoms with E-state index in [1.54, 1.807) is 13.0 Å². The van der Waals surface area contributed by atoms with Crippen LogP contribution in [0.4, 0.5) is 13.9 Å². The number of hydrogen-bond donors (Lipinski definition) is 2. The van der Waals surface area contributed by atoms with E-state index in [0.29, 0.717) is 28.2 Å². The highest BCUT2D eigenvalue weighted by Gasteiger charge is 2.15. The fraction of sp³-hybridized carbons (Fsp3) is 0.143. The van der Waals surface area contributed by atoms with E-state index in [-0.39, 0.29) is 11.4 Å². The number of benzene rings is 1. The quantitative estimate of drug-likeness (QED) is 0.482. The number of carbonyl (C=O) groups excluding carboxylic acids is 1. The second-order valence-corrected chi connectivity index (χ2v) is 7.57. The van der Waals surface area contributed by atoms with Crippen molar-refractivity contribution in [2.24, 2.45) is 0 Å². The molecule has 4 rings (SSSR count). The van der Waals surface area contributed by atoms with Gasteiger partial charge in [0.2, 0.25) is 0 Å². The molecule has 9 heteroatoms. The molecule has 0 aliphatic heterocycles. The van der Waals surface area contributed by atoms with Gasteiger partial charge < -0.3 is 5.11 Å². The lowest BCUT2D eigenvalue weighted by molar-refractivity contribution is 0.102. The van der Waals surface area contributed by atoms with Crippen molar-refractivity contribution in [2.45, 2.75) is 19.4 Å². The van der Waals surface area contributed by atoms with Crippen LogP contribution in [0.1, 0.15) is 35.5 Å². The normalized spacial score (nSPS) is 12.1. The number of fused-ring (bicyclic) bond motifs is 1. The second-order valence-electron chi connectivity index (χ2n) is 6.54. The molecule has 1 aromatic carbocycles. The van der Waals surface area contributed by atoms with E-state index in [4.69, 9.17) is 0 Å². The minimum absolute atomic E-state index is 0.0784. The van der Waals surface area contributed by atoms with E-state index >= 15 is 0 Å². The Hall–Kier alpha value is -3.30. The predicted molar refractivity (Wildman–Crippen MR) is 110 cm³/mol. The number of anilines is 1. The highest BCUT2D eigenvalue weighted by atomic mass is 32.1. The third-order valence-electron chi connectivity index (χ3n) is 4.47. The molecule has 3 heterocycles. The average molecular weight is 426 g/mol. The van der Waals surface area contributed by atoms with Gasteiger partial charge in [-0.15, -0.1) is 0 Å². The summed E-state index contributed by atoms with van der Waals surface area (Å²) >= 11 is 1.22. The zero-order chi connectivity index (χ0) is 21.3. The molecule has 0 aliphatic rings. The Balaban J connectivity index is 1.52. The lowest BCUT2D eigenvalue weighted by Crippen LogP contribution is -2.13. The molecule has 0 saturated heterocycles. The summed E-state index contributed by atoms with van der Waals surface area (Å²) < 4.78 is 28.4. The van der Waals surface area contributed by atoms with Crippen molar-refractivity contribution in [3.05, 3.63) is 71.7 Å². The van der Waals surface area contributed by atoms with Gasteiger partial charge in [-0.25, -0.2) is 13.8 Å². The summed E-state index contributed by atoms with van der Waals surface area (Å²) in [6.07, 6.45) is 2.45. The fourth-order valence-electron chi connectivity index (χ4n) is 2.87. The van der Waals surface area contributed by atoms with Gasteiger partial charge in [-0.2, -0.15) is 0 Å². The molecule has 0 fully saturated rings. The highest BCUT2D eigenvalue weighted by molar-refractivity contribution is 7.22. The molecule has 0 radical (unpaired) electrons. The van der Waals surface area contributed by atoms with Crippen LogP contribution in [0.2, 0.25) is 0 Å². The fourth-order valence-corrected chi connectivity index (χ4v) is 3.71. The van der Waals surface area contributed by atoms with Gasteiger partial charge in [0.05, 0.1) is 16.3 Å². The molecule has 4 aromatic rings. The first kappa shape index (κ1) is 20.0. The first-order valence-corrected chi connectivity index (χ1v) is 9.93. The van der Waals surface area contributed by atoms with Crippen molar-refractivity contribution in [3.63, 3.8) is 0 Å². The van der Waals surface area contributed by atoms with Gasteiger partial charge in [0.1, 0.15) is 23.0 Å². The summed E-state index contributed by atoms with van der Waals surface area (Å²) in [4.78, 5) is 24.8. The Morgan fingerprint density at radius 2 is 2.00 bits per heavy atom. The molecular formula is C21H16F2N4O2S. The van der Waals surface area contributed by atoms with Crippen LogP contribution in [0.5, 0.6) is 0 Å². The van der Waals surface area contributed by atoms with Crippen LogP contribution in [0.15, 0.2) is 48.8 Å². The van der Waals surface area contributed by atoms with E-state index in [0.717, 1.165) is 4.70 Å². The van der Waals surface area contributed by atoms with E-state index in [9.17, 15) is 18.7 Å². The van der Waals surface area contributed by atoms with Crippen LogP contribution in [0.25, 0.3) is 21.5 Å². The molecule has 1 amide bonds. The number of aliphatic hydroxyl groups excluding tert-OH is 1. The van der Waals surface area contributed by atoms with E-state index in [1.807, 2.05) is 0 Å². The number of thiazole rings is 1. The lowest BCUT2D eigenvalue weighted by Gasteiger charge is -2.10. The Kier molecular flexibility index (Phi) is 5.47. The summed E-state index contributed by atoms with van der Waals surface area (Å²) in [6, 6.07) is 8.45. The standard InChI is InChI=1S/C21H16F2N4O2S/c1-2-17(28)12-7-14(23)19(25-10-12)11-3-5-15(24-9-11)20(29)27-21-26-16-8-13(22)4-6-18(16)30-21/h3-10,17,28H,2H2,1H3,(H,26,27,29). The zero-order valence-electron chi connectivity index (χ0n) is 15.8. The number of carbonyl (C=O) groups is 1. The molecule has 3 aromatic heterocycles. The monoisotopic (exact) mass is 426 g/mol. The number of aliphatic hydroxyl groups is 1. The van der Waals surface area contributed by atoms with Crippen LogP contribution in [-0.4, -0.2) is 26.0 Å². The molecule has 0 saturated carbocycles. The summed E-state index contributed by atoms with van der Waals surface area (Å²) in [5.41, 5.74) is 1.45. The maximum atomic E-state index is 14.4. The molecule has 1 unspecified atom stereocenters. The first-order valence-electron chi connectivity index (χ1n) is 9.12. The maximum Gasteiger partial charge on any atom is 0.276 e. The first-order chi connectivity index (χ1) is 14.4. The number of hydrogen-bond acceptors (Lipinski definition) is 6. The van der Waals surface area contributed by atoms with Crippen molar-refractivity contribution >= 4 is 32.6 Å². The Morgan fingerprint density at radius 3 is 2.70 bits per heavy atom. The third kappa shape index (κ3) is 4.03. The molecule has 0 bridgehead atoms. The SMILES string of the molecule is CCC(O)c1cnc(-c2ccc(C(=O)Nc3nc4cc(F)ccc4s3)nc2)c(F)c1. The van der Waals surface area contributed by atoms with Gasteiger partial charge in [0.25, 0.3) is 5.91 Å². The number of amides is 1. The maximum absolute atomic E-state index is 14.4. The Morgan fingerprint density at radius 1 is 1.17 bits per heavy atom. The minimum Gasteiger partial charge on any atom is -0.388 e. The lowest BCUT2D eigenvalue weighted by atomic mass is 10.1. The molecule has 152 valence electrons. The zero-order valence-corrected chi connectivity index (χ0v) is 16.6. The number of pyridine rings is 2. The van der Waals surface area contributed by atoms with Gasteiger partial charge in [-0.05, 0) is 36.8 Å². The van der Waals surface area contributed by atoms with Gasteiger partial charge in [0, 0.05) is 29.6 Å². The summed E-state index contributed by atoms with van der Waals surface area (Å²) in [6.45, 7) is 1.79. The van der Waals surface area contributed by atoms with Gasteiger partial charge in [0.15, 0.2) is 5.13 Å². The van der Waals surface area contributed by atoms with E-state index < -0.39 is 23.6 Å². The molecular weight excluding hydrogens is 410 g/mol. The van der Waals surface area contributed by atoms with Crippen LogP contribution < -0.4 is 5.32 Å². The van der Waals surface area contributed by atoms with Crippen molar-refractivity contribution in [1.29, 1.82) is 0 Å². The number of aromatic nitrogens is 3. The minimum atomic E-state index is -0.774. The molecule has 0 aliphatic carbocycles. The van der Waals surface area contributed by atoms with Gasteiger partial charge in [-0.3, -0.25) is 20.1 Å². The molecule has 6 nitrogen and oxygen atoms in total. The molecule has 2 N–H and O–H groups in total. The summed E-state index contributed by atoms with van der Waals surface area (Å²) in [5, 5.41) is 12.8. The van der Waals surface area contributed by atoms with Crippen LogP contribution in [0, 0.1) is 11.6 Å². The predicted octanol–water partition coefficient (Wildman–Crippen LogP) is 4.73. The van der Waals surface area contributed by atoms with E-state index in [2.05, 4.69) is 20.3 Å². The second kappa shape index (κ2) is 8.21. The number of halogens is 2. The third-order valence-corrected chi connectivity index (χ3v) is 5.43. The van der Waals surface area contributed by atoms with Gasteiger partial charge >= 0.3 is 0 Å². The van der Waals surface area contributed by atoms with Crippen molar-refractivity contribution < 1.29 is 18.7 Å². The molecule has 0 spiro atoms. The van der Waals surface area contributed by atoms with Crippen LogP contribution in [0.3, 0.4) is 0 Å². The number of nitrogens with zero attached hydrogens (tertiary/aromatic N) is 3. The number of rotatable bonds is 5. The molecule has 30 heavy (non-hydrogen) atoms. The van der Waals surface area contributed by atoms with Crippen LogP contribution >= 0.6 is 11.3 Å². The highest BCUT2D eigenvalue weighted by Crippen LogP contribution is 2.27. The van der Waals surface area contributed by atoms with Gasteiger partial charge in [-0.1, -0.05) is 18.3 Å². The smallest absolute Gasteiger partial charge is 0.276 e. The van der Waals surface area contributed by atoms with Crippen molar-refractivity contribution in [1.82, 2.24) is 15.0 Å². The molecule has 1 atom stereocenters. The topological polar surface area (TPSA) is 88.0 Å². The average Bonchev–Trinajstić information content (AvgIpc) is 3.14. The Labute approximate surface area is 174 Å². The van der Waals surface area contributed by atoms with E-state index in [1.165, 1.54) is 54.1 Å². The number of nitrogens with one attached hydrogen (secondary N) is 1. The summed E-state index contributed by atoms with van der Waals surface area (Å²) in [5.74, 6) is -1.47.